The molecule has 0 bridgehead atoms. The molecule has 3 aromatic rings. The average Bonchev–Trinajstić information content (AvgIpc) is 2.81. The fourth-order valence-electron chi connectivity index (χ4n) is 3.22. The van der Waals surface area contributed by atoms with Gasteiger partial charge in [0.2, 0.25) is 5.91 Å². The molecule has 0 saturated heterocycles. The van der Waals surface area contributed by atoms with E-state index < -0.39 is 29.4 Å². The number of rotatable bonds is 6. The zero-order valence-corrected chi connectivity index (χ0v) is 18.0. The first kappa shape index (κ1) is 25.8. The minimum Gasteiger partial charge on any atom is -0.392 e. The zero-order valence-electron chi connectivity index (χ0n) is 18.0. The first-order valence-corrected chi connectivity index (χ1v) is 10.2. The van der Waals surface area contributed by atoms with Crippen molar-refractivity contribution >= 4 is 17.2 Å². The third kappa shape index (κ3) is 6.83. The van der Waals surface area contributed by atoms with Crippen molar-refractivity contribution in [3.63, 3.8) is 0 Å². The Balaban J connectivity index is 1.92. The number of aliphatic hydroxyl groups is 1. The van der Waals surface area contributed by atoms with Crippen LogP contribution >= 0.6 is 0 Å². The van der Waals surface area contributed by atoms with E-state index in [4.69, 9.17) is 0 Å². The van der Waals surface area contributed by atoms with Gasteiger partial charge in [0.05, 0.1) is 17.7 Å². The molecule has 2 N–H and O–H groups in total. The summed E-state index contributed by atoms with van der Waals surface area (Å²) in [7, 11) is 0. The molecule has 0 aliphatic heterocycles. The second kappa shape index (κ2) is 10.6. The lowest BCUT2D eigenvalue weighted by molar-refractivity contribution is -0.138. The highest BCUT2D eigenvalue weighted by Gasteiger charge is 2.31. The fraction of sp³-hybridized carbons (Fsp3) is 0.115. The number of benzene rings is 3. The second-order valence-corrected chi connectivity index (χ2v) is 7.39. The van der Waals surface area contributed by atoms with Crippen molar-refractivity contribution < 1.29 is 36.2 Å². The van der Waals surface area contributed by atoms with Crippen LogP contribution in [0, 0.1) is 0 Å². The van der Waals surface area contributed by atoms with E-state index >= 15 is 0 Å². The number of halogens is 6. The standard InChI is InChI=1S/C26H19F6NO2/c27-25(28,29)20-12-8-17(9-13-20)22(18-10-14-21(15-11-18)26(30,31)32)5-3-7-24(35)33-23-6-2-1-4-19(23)16-34/h1-15,34H,16H2,(H,33,35). The predicted octanol–water partition coefficient (Wildman–Crippen LogP) is 6.84. The maximum Gasteiger partial charge on any atom is 0.416 e. The second-order valence-electron chi connectivity index (χ2n) is 7.39. The molecule has 0 radical (unpaired) electrons. The number of carbonyl (C=O) groups is 1. The van der Waals surface area contributed by atoms with Crippen molar-refractivity contribution in [3.8, 4) is 0 Å². The van der Waals surface area contributed by atoms with Gasteiger partial charge < -0.3 is 10.4 Å². The highest BCUT2D eigenvalue weighted by Crippen LogP contribution is 2.33. The Bertz CT molecular complexity index is 1160. The van der Waals surface area contributed by atoms with E-state index in [0.717, 1.165) is 30.3 Å². The Labute approximate surface area is 197 Å². The lowest BCUT2D eigenvalue weighted by atomic mass is 9.95. The molecule has 0 saturated carbocycles. The van der Waals surface area contributed by atoms with E-state index in [0.29, 0.717) is 28.0 Å². The first-order chi connectivity index (χ1) is 16.5. The van der Waals surface area contributed by atoms with Gasteiger partial charge in [-0.05, 0) is 47.0 Å². The van der Waals surface area contributed by atoms with Crippen molar-refractivity contribution in [2.75, 3.05) is 5.32 Å². The first-order valence-electron chi connectivity index (χ1n) is 10.2. The summed E-state index contributed by atoms with van der Waals surface area (Å²) in [6, 6.07) is 14.9. The summed E-state index contributed by atoms with van der Waals surface area (Å²) in [5.74, 6) is -0.540. The topological polar surface area (TPSA) is 49.3 Å². The van der Waals surface area contributed by atoms with Gasteiger partial charge in [0.1, 0.15) is 0 Å². The normalized spacial score (nSPS) is 12.0. The fourth-order valence-corrected chi connectivity index (χ4v) is 3.22. The molecule has 0 atom stereocenters. The van der Waals surface area contributed by atoms with E-state index in [-0.39, 0.29) is 6.61 Å². The van der Waals surface area contributed by atoms with Crippen molar-refractivity contribution in [1.29, 1.82) is 0 Å². The highest BCUT2D eigenvalue weighted by molar-refractivity contribution is 6.00. The predicted molar refractivity (Wildman–Crippen MR) is 120 cm³/mol. The number of alkyl halides is 6. The van der Waals surface area contributed by atoms with Gasteiger partial charge in [-0.2, -0.15) is 26.3 Å². The van der Waals surface area contributed by atoms with Gasteiger partial charge >= 0.3 is 12.4 Å². The van der Waals surface area contributed by atoms with Gasteiger partial charge in [-0.15, -0.1) is 0 Å². The van der Waals surface area contributed by atoms with E-state index in [9.17, 15) is 36.2 Å². The van der Waals surface area contributed by atoms with Crippen molar-refractivity contribution in [2.45, 2.75) is 19.0 Å². The van der Waals surface area contributed by atoms with E-state index in [2.05, 4.69) is 5.32 Å². The quantitative estimate of drug-likeness (QED) is 0.225. The molecule has 0 fully saturated rings. The molecule has 0 aliphatic rings. The van der Waals surface area contributed by atoms with Crippen LogP contribution in [0.5, 0.6) is 0 Å². The van der Waals surface area contributed by atoms with Crippen LogP contribution < -0.4 is 5.32 Å². The Hall–Kier alpha value is -3.85. The lowest BCUT2D eigenvalue weighted by Gasteiger charge is -2.12. The van der Waals surface area contributed by atoms with Gasteiger partial charge in [-0.3, -0.25) is 4.79 Å². The van der Waals surface area contributed by atoms with E-state index in [1.54, 1.807) is 24.3 Å². The smallest absolute Gasteiger partial charge is 0.392 e. The molecule has 1 amide bonds. The Kier molecular flexibility index (Phi) is 7.81. The Morgan fingerprint density at radius 2 is 1.26 bits per heavy atom. The van der Waals surface area contributed by atoms with Crippen LogP contribution in [0.25, 0.3) is 5.57 Å². The number of allylic oxidation sites excluding steroid dienone is 2. The molecule has 0 heterocycles. The van der Waals surface area contributed by atoms with E-state index in [1.165, 1.54) is 36.4 Å². The Morgan fingerprint density at radius 1 is 0.771 bits per heavy atom. The number of amides is 1. The lowest BCUT2D eigenvalue weighted by Crippen LogP contribution is -2.09. The maximum absolute atomic E-state index is 12.9. The van der Waals surface area contributed by atoms with Crippen molar-refractivity contribution in [1.82, 2.24) is 0 Å². The number of anilines is 1. The molecular formula is C26H19F6NO2. The number of hydrogen-bond donors (Lipinski definition) is 2. The molecule has 9 heteroatoms. The molecule has 182 valence electrons. The van der Waals surface area contributed by atoms with E-state index in [1.807, 2.05) is 0 Å². The summed E-state index contributed by atoms with van der Waals surface area (Å²) in [6.07, 6.45) is -5.17. The monoisotopic (exact) mass is 491 g/mol. The van der Waals surface area contributed by atoms with Gasteiger partial charge in [0.25, 0.3) is 0 Å². The average molecular weight is 491 g/mol. The minimum atomic E-state index is -4.54. The molecule has 3 nitrogen and oxygen atoms in total. The molecule has 0 spiro atoms. The maximum atomic E-state index is 12.9. The highest BCUT2D eigenvalue weighted by atomic mass is 19.4. The number of para-hydroxylation sites is 1. The molecule has 0 aliphatic carbocycles. The number of hydrogen-bond acceptors (Lipinski definition) is 2. The molecule has 35 heavy (non-hydrogen) atoms. The summed E-state index contributed by atoms with van der Waals surface area (Å²) < 4.78 is 77.6. The van der Waals surface area contributed by atoms with Gasteiger partial charge in [0, 0.05) is 17.3 Å². The summed E-state index contributed by atoms with van der Waals surface area (Å²) in [5, 5.41) is 12.0. The van der Waals surface area contributed by atoms with Crippen LogP contribution in [-0.4, -0.2) is 11.0 Å². The van der Waals surface area contributed by atoms with Crippen LogP contribution in [0.15, 0.2) is 91.0 Å². The largest absolute Gasteiger partial charge is 0.416 e. The van der Waals surface area contributed by atoms with Crippen LogP contribution in [0.3, 0.4) is 0 Å². The van der Waals surface area contributed by atoms with Gasteiger partial charge in [0.15, 0.2) is 0 Å². The molecule has 0 unspecified atom stereocenters. The number of nitrogens with one attached hydrogen (secondary N) is 1. The summed E-state index contributed by atoms with van der Waals surface area (Å²) in [6.45, 7) is -0.286. The van der Waals surface area contributed by atoms with Crippen molar-refractivity contribution in [3.05, 3.63) is 119 Å². The Morgan fingerprint density at radius 3 is 1.71 bits per heavy atom. The van der Waals surface area contributed by atoms with Gasteiger partial charge in [-0.25, -0.2) is 0 Å². The number of carbonyl (C=O) groups excluding carboxylic acids is 1. The molecule has 0 aromatic heterocycles. The van der Waals surface area contributed by atoms with Crippen LogP contribution in [0.4, 0.5) is 32.0 Å². The zero-order chi connectivity index (χ0) is 25.6. The summed E-state index contributed by atoms with van der Waals surface area (Å²) in [5.41, 5.74) is 0.101. The molecule has 3 rings (SSSR count). The summed E-state index contributed by atoms with van der Waals surface area (Å²) in [4.78, 5) is 12.3. The molecule has 3 aromatic carbocycles. The van der Waals surface area contributed by atoms with Crippen molar-refractivity contribution in [2.24, 2.45) is 0 Å². The minimum absolute atomic E-state index is 0.286. The van der Waals surface area contributed by atoms with Crippen LogP contribution in [0.1, 0.15) is 27.8 Å². The SMILES string of the molecule is O=C(C=CC=C(c1ccc(C(F)(F)F)cc1)c1ccc(C(F)(F)F)cc1)Nc1ccccc1CO. The molecular weight excluding hydrogens is 472 g/mol. The van der Waals surface area contributed by atoms with Crippen LogP contribution in [0.2, 0.25) is 0 Å². The third-order valence-electron chi connectivity index (χ3n) is 5.00. The summed E-state index contributed by atoms with van der Waals surface area (Å²) >= 11 is 0. The number of aliphatic hydroxyl groups excluding tert-OH is 1. The third-order valence-corrected chi connectivity index (χ3v) is 5.00. The van der Waals surface area contributed by atoms with Gasteiger partial charge in [-0.1, -0.05) is 54.6 Å². The van der Waals surface area contributed by atoms with Crippen LogP contribution in [-0.2, 0) is 23.8 Å².